The predicted octanol–water partition coefficient (Wildman–Crippen LogP) is -10.8. The van der Waals surface area contributed by atoms with E-state index in [-0.39, 0.29) is 126 Å². The summed E-state index contributed by atoms with van der Waals surface area (Å²) in [7, 11) is 1.81. The largest absolute Gasteiger partial charge is 1.00 e. The van der Waals surface area contributed by atoms with Gasteiger partial charge in [-0.15, -0.1) is 0 Å². The third kappa shape index (κ3) is 18.3. The zero-order valence-electron chi connectivity index (χ0n) is 18.0. The third-order valence-corrected chi connectivity index (χ3v) is 2.19. The van der Waals surface area contributed by atoms with E-state index in [1.165, 1.54) is 0 Å². The molecule has 0 aliphatic heterocycles. The molecule has 1 aromatic carbocycles. The standard InChI is InChI=1S/C11H13O3P.3Na.6H2O.3H/c1-6-4-7(2)9(8(3)5-6)10(12)14-11(13)15;;;;;;;;;;;;/h4-5H,15H2,1-3H3;;;;6*1H2;;;/q;3*+1;;;;;;;3*-1. The maximum Gasteiger partial charge on any atom is 1.00 e. The van der Waals surface area contributed by atoms with Crippen LogP contribution in [0, 0.1) is 20.8 Å². The van der Waals surface area contributed by atoms with Gasteiger partial charge < -0.3 is 41.9 Å². The van der Waals surface area contributed by atoms with Gasteiger partial charge in [0.2, 0.25) is 0 Å². The molecular formula is C11H28Na3O9P. The second kappa shape index (κ2) is 26.8. The number of hydrogen-bond donors (Lipinski definition) is 0. The molecule has 0 fully saturated rings. The SMILES string of the molecule is Cc1cc(C)c(C(=O)OC(=O)P)c(C)c1.O.O.O.O.O.O.[H-].[H-].[H-].[Na+].[Na+].[Na+]. The second-order valence-electron chi connectivity index (χ2n) is 3.48. The van der Waals surface area contributed by atoms with Crippen LogP contribution in [0.4, 0.5) is 4.79 Å². The zero-order chi connectivity index (χ0) is 11.6. The molecule has 1 atom stereocenters. The van der Waals surface area contributed by atoms with Gasteiger partial charge >= 0.3 is 100 Å². The number of hydrogen-bond acceptors (Lipinski definition) is 3. The molecule has 1 rings (SSSR count). The van der Waals surface area contributed by atoms with Gasteiger partial charge in [0, 0.05) is 0 Å². The first-order valence-corrected chi connectivity index (χ1v) is 5.09. The summed E-state index contributed by atoms with van der Waals surface area (Å²) in [5.41, 5.74) is 2.53. The van der Waals surface area contributed by atoms with Crippen molar-refractivity contribution in [3.8, 4) is 0 Å². The summed E-state index contributed by atoms with van der Waals surface area (Å²) in [6.07, 6.45) is 0. The van der Waals surface area contributed by atoms with Gasteiger partial charge in [0.1, 0.15) is 0 Å². The number of carbonyl (C=O) groups excluding carboxylic acids is 2. The molecule has 0 radical (unpaired) electrons. The fourth-order valence-electron chi connectivity index (χ4n) is 1.64. The van der Waals surface area contributed by atoms with Crippen molar-refractivity contribution in [3.63, 3.8) is 0 Å². The molecule has 24 heavy (non-hydrogen) atoms. The number of carbonyl (C=O) groups is 2. The number of esters is 1. The fraction of sp³-hybridized carbons (Fsp3) is 0.273. The van der Waals surface area contributed by atoms with E-state index < -0.39 is 11.7 Å². The summed E-state index contributed by atoms with van der Waals surface area (Å²) in [4.78, 5) is 22.2. The van der Waals surface area contributed by atoms with E-state index in [0.29, 0.717) is 5.56 Å². The van der Waals surface area contributed by atoms with Crippen molar-refractivity contribution in [2.75, 3.05) is 0 Å². The molecular weight excluding hydrogens is 376 g/mol. The van der Waals surface area contributed by atoms with Gasteiger partial charge in [-0.25, -0.2) is 9.59 Å². The first kappa shape index (κ1) is 56.2. The first-order chi connectivity index (χ1) is 6.91. The fourth-order valence-corrected chi connectivity index (χ4v) is 1.75. The molecule has 0 heterocycles. The van der Waals surface area contributed by atoms with Crippen LogP contribution in [-0.4, -0.2) is 44.5 Å². The van der Waals surface area contributed by atoms with Gasteiger partial charge in [0.25, 0.3) is 0 Å². The summed E-state index contributed by atoms with van der Waals surface area (Å²) in [5, 5.41) is 0. The molecule has 0 aliphatic rings. The van der Waals surface area contributed by atoms with E-state index in [1.54, 1.807) is 0 Å². The second-order valence-corrected chi connectivity index (χ2v) is 3.95. The molecule has 0 aliphatic carbocycles. The molecule has 0 saturated carbocycles. The van der Waals surface area contributed by atoms with Crippen molar-refractivity contribution in [3.05, 3.63) is 34.4 Å². The number of aryl methyl sites for hydroxylation is 3. The molecule has 0 bridgehead atoms. The van der Waals surface area contributed by atoms with Crippen molar-refractivity contribution >= 4 is 20.9 Å². The first-order valence-electron chi connectivity index (χ1n) is 4.51. The summed E-state index contributed by atoms with van der Waals surface area (Å²) in [5.74, 6) is -0.593. The summed E-state index contributed by atoms with van der Waals surface area (Å²) >= 11 is 0. The summed E-state index contributed by atoms with van der Waals surface area (Å²) in [6, 6.07) is 3.77. The van der Waals surface area contributed by atoms with E-state index in [1.807, 2.05) is 42.1 Å². The Hall–Kier alpha value is 1.55. The third-order valence-electron chi connectivity index (χ3n) is 2.07. The number of ether oxygens (including phenoxy) is 1. The van der Waals surface area contributed by atoms with E-state index in [2.05, 4.69) is 4.74 Å². The molecule has 1 aromatic rings. The van der Waals surface area contributed by atoms with Gasteiger partial charge in [0.15, 0.2) is 0 Å². The smallest absolute Gasteiger partial charge is 1.00 e. The maximum absolute atomic E-state index is 11.6. The van der Waals surface area contributed by atoms with Gasteiger partial charge in [-0.2, -0.15) is 0 Å². The minimum atomic E-state index is -0.667. The average molecular weight is 404 g/mol. The molecule has 12 N–H and O–H groups in total. The van der Waals surface area contributed by atoms with Crippen LogP contribution in [0.1, 0.15) is 31.3 Å². The monoisotopic (exact) mass is 404 g/mol. The Labute approximate surface area is 214 Å². The maximum atomic E-state index is 11.6. The Morgan fingerprint density at radius 3 is 1.38 bits per heavy atom. The normalized spacial score (nSPS) is 6.17. The minimum Gasteiger partial charge on any atom is -1.00 e. The molecule has 0 spiro atoms. The van der Waals surface area contributed by atoms with E-state index in [9.17, 15) is 9.59 Å². The van der Waals surface area contributed by atoms with Crippen molar-refractivity contribution in [1.82, 2.24) is 0 Å². The van der Waals surface area contributed by atoms with Crippen LogP contribution in [-0.2, 0) is 4.74 Å². The van der Waals surface area contributed by atoms with Gasteiger partial charge in [-0.05, 0) is 41.1 Å². The Bertz CT molecular complexity index is 437. The van der Waals surface area contributed by atoms with Crippen molar-refractivity contribution in [1.29, 1.82) is 0 Å². The summed E-state index contributed by atoms with van der Waals surface area (Å²) < 4.78 is 4.52. The Morgan fingerprint density at radius 2 is 1.12 bits per heavy atom. The molecule has 0 saturated heterocycles. The molecule has 0 amide bonds. The minimum absolute atomic E-state index is 0. The van der Waals surface area contributed by atoms with Crippen LogP contribution >= 0.6 is 9.24 Å². The van der Waals surface area contributed by atoms with Gasteiger partial charge in [-0.1, -0.05) is 17.7 Å². The zero-order valence-corrected chi connectivity index (χ0v) is 22.1. The van der Waals surface area contributed by atoms with Crippen LogP contribution in [0.3, 0.4) is 0 Å². The van der Waals surface area contributed by atoms with Crippen LogP contribution < -0.4 is 88.7 Å². The average Bonchev–Trinajstić information content (AvgIpc) is 1.99. The molecule has 9 nitrogen and oxygen atoms in total. The summed E-state index contributed by atoms with van der Waals surface area (Å²) in [6.45, 7) is 5.60. The van der Waals surface area contributed by atoms with E-state index >= 15 is 0 Å². The molecule has 134 valence electrons. The van der Waals surface area contributed by atoms with Crippen molar-refractivity contribution < 1.29 is 140 Å². The predicted molar refractivity (Wildman–Crippen MR) is 86.2 cm³/mol. The van der Waals surface area contributed by atoms with Gasteiger partial charge in [0.05, 0.1) is 5.56 Å². The molecule has 1 unspecified atom stereocenters. The van der Waals surface area contributed by atoms with E-state index in [0.717, 1.165) is 16.7 Å². The number of rotatable bonds is 1. The number of benzene rings is 1. The molecule has 0 aromatic heterocycles. The topological polar surface area (TPSA) is 232 Å². The van der Waals surface area contributed by atoms with Crippen molar-refractivity contribution in [2.24, 2.45) is 0 Å². The van der Waals surface area contributed by atoms with Gasteiger partial charge in [-0.3, -0.25) is 0 Å². The van der Waals surface area contributed by atoms with Crippen LogP contribution in [0.15, 0.2) is 12.1 Å². The van der Waals surface area contributed by atoms with E-state index in [4.69, 9.17) is 0 Å². The Morgan fingerprint density at radius 1 is 0.833 bits per heavy atom. The van der Waals surface area contributed by atoms with Crippen LogP contribution in [0.2, 0.25) is 0 Å². The molecule has 13 heteroatoms. The van der Waals surface area contributed by atoms with Crippen molar-refractivity contribution in [2.45, 2.75) is 20.8 Å². The Kier molecular flexibility index (Phi) is 62.7. The van der Waals surface area contributed by atoms with Crippen LogP contribution in [0.25, 0.3) is 0 Å². The van der Waals surface area contributed by atoms with Crippen LogP contribution in [0.5, 0.6) is 0 Å². The Balaban J connectivity index is -0.0000000187. The quantitative estimate of drug-likeness (QED) is 0.192.